The highest BCUT2D eigenvalue weighted by atomic mass is 35.5. The van der Waals surface area contributed by atoms with Crippen molar-refractivity contribution in [3.63, 3.8) is 0 Å². The van der Waals surface area contributed by atoms with E-state index >= 15 is 0 Å². The number of nitrogens with one attached hydrogen (secondary N) is 1. The minimum Gasteiger partial charge on any atom is -0.316 e. The summed E-state index contributed by atoms with van der Waals surface area (Å²) in [6.07, 6.45) is -0.0132. The van der Waals surface area contributed by atoms with Crippen molar-refractivity contribution in [2.75, 3.05) is 20.1 Å². The SMILES string of the molecule is CNC1CCCN(Cc2cccc(C(F)F)c2)C1.Cl. The van der Waals surface area contributed by atoms with E-state index in [0.717, 1.165) is 25.2 Å². The molecule has 108 valence electrons. The molecule has 0 saturated carbocycles. The van der Waals surface area contributed by atoms with E-state index in [9.17, 15) is 8.78 Å². The van der Waals surface area contributed by atoms with Gasteiger partial charge in [-0.1, -0.05) is 18.2 Å². The van der Waals surface area contributed by atoms with Crippen molar-refractivity contribution in [2.45, 2.75) is 31.9 Å². The van der Waals surface area contributed by atoms with Crippen LogP contribution in [0.1, 0.15) is 30.4 Å². The zero-order valence-electron chi connectivity index (χ0n) is 11.1. The average molecular weight is 291 g/mol. The van der Waals surface area contributed by atoms with Crippen LogP contribution in [0.25, 0.3) is 0 Å². The molecule has 1 aromatic rings. The predicted octanol–water partition coefficient (Wildman–Crippen LogP) is 3.23. The summed E-state index contributed by atoms with van der Waals surface area (Å²) in [4.78, 5) is 2.33. The van der Waals surface area contributed by atoms with Crippen molar-refractivity contribution in [3.8, 4) is 0 Å². The van der Waals surface area contributed by atoms with Crippen LogP contribution in [0.3, 0.4) is 0 Å². The fourth-order valence-corrected chi connectivity index (χ4v) is 2.52. The van der Waals surface area contributed by atoms with Gasteiger partial charge in [-0.15, -0.1) is 12.4 Å². The molecule has 2 rings (SSSR count). The van der Waals surface area contributed by atoms with Gasteiger partial charge in [0.15, 0.2) is 0 Å². The molecule has 0 bridgehead atoms. The monoisotopic (exact) mass is 290 g/mol. The number of hydrogen-bond donors (Lipinski definition) is 1. The first-order valence-electron chi connectivity index (χ1n) is 6.45. The van der Waals surface area contributed by atoms with Gasteiger partial charge in [-0.2, -0.15) is 0 Å². The van der Waals surface area contributed by atoms with Crippen LogP contribution < -0.4 is 5.32 Å². The standard InChI is InChI=1S/C14H20F2N2.ClH/c1-17-13-6-3-7-18(10-13)9-11-4-2-5-12(8-11)14(15)16;/h2,4-5,8,13-14,17H,3,6-7,9-10H2,1H3;1H. The maximum atomic E-state index is 12.6. The molecule has 1 fully saturated rings. The zero-order chi connectivity index (χ0) is 13.0. The van der Waals surface area contributed by atoms with Crippen LogP contribution >= 0.6 is 12.4 Å². The Bertz CT molecular complexity index is 387. The van der Waals surface area contributed by atoms with Crippen molar-refractivity contribution in [2.24, 2.45) is 0 Å². The maximum absolute atomic E-state index is 12.6. The average Bonchev–Trinajstić information content (AvgIpc) is 2.39. The number of likely N-dealkylation sites (tertiary alicyclic amines) is 1. The van der Waals surface area contributed by atoms with E-state index in [1.807, 2.05) is 13.1 Å². The first-order chi connectivity index (χ1) is 8.69. The van der Waals surface area contributed by atoms with Gasteiger partial charge in [-0.25, -0.2) is 8.78 Å². The number of hydrogen-bond acceptors (Lipinski definition) is 2. The molecule has 1 heterocycles. The first-order valence-corrected chi connectivity index (χ1v) is 6.45. The maximum Gasteiger partial charge on any atom is 0.263 e. The van der Waals surface area contributed by atoms with Crippen LogP contribution in [0, 0.1) is 0 Å². The molecule has 2 nitrogen and oxygen atoms in total. The van der Waals surface area contributed by atoms with Crippen LogP contribution in [-0.2, 0) is 6.54 Å². The quantitative estimate of drug-likeness (QED) is 0.916. The van der Waals surface area contributed by atoms with Crippen LogP contribution in [0.4, 0.5) is 8.78 Å². The van der Waals surface area contributed by atoms with Crippen LogP contribution in [-0.4, -0.2) is 31.1 Å². The fourth-order valence-electron chi connectivity index (χ4n) is 2.52. The van der Waals surface area contributed by atoms with Gasteiger partial charge in [0.05, 0.1) is 0 Å². The molecule has 19 heavy (non-hydrogen) atoms. The lowest BCUT2D eigenvalue weighted by molar-refractivity contribution is 0.151. The molecule has 1 aliphatic heterocycles. The largest absolute Gasteiger partial charge is 0.316 e. The lowest BCUT2D eigenvalue weighted by atomic mass is 10.0. The summed E-state index contributed by atoms with van der Waals surface area (Å²) in [7, 11) is 1.98. The highest BCUT2D eigenvalue weighted by Crippen LogP contribution is 2.21. The zero-order valence-corrected chi connectivity index (χ0v) is 11.9. The van der Waals surface area contributed by atoms with E-state index in [4.69, 9.17) is 0 Å². The Hall–Kier alpha value is -0.710. The molecule has 1 saturated heterocycles. The normalized spacial score (nSPS) is 20.3. The number of benzene rings is 1. The molecule has 5 heteroatoms. The van der Waals surface area contributed by atoms with E-state index in [-0.39, 0.29) is 18.0 Å². The number of piperidine rings is 1. The number of halogens is 3. The number of alkyl halides is 2. The lowest BCUT2D eigenvalue weighted by Gasteiger charge is -2.32. The summed E-state index contributed by atoms with van der Waals surface area (Å²) in [5.74, 6) is 0. The van der Waals surface area contributed by atoms with Gasteiger partial charge in [0.1, 0.15) is 0 Å². The summed E-state index contributed by atoms with van der Waals surface area (Å²) in [5.41, 5.74) is 1.10. The number of rotatable bonds is 4. The van der Waals surface area contributed by atoms with Gasteiger partial charge in [-0.05, 0) is 38.1 Å². The summed E-state index contributed by atoms with van der Waals surface area (Å²) in [5, 5.41) is 3.29. The van der Waals surface area contributed by atoms with Crippen molar-refractivity contribution >= 4 is 12.4 Å². The van der Waals surface area contributed by atoms with Crippen LogP contribution in [0.5, 0.6) is 0 Å². The van der Waals surface area contributed by atoms with Crippen molar-refractivity contribution < 1.29 is 8.78 Å². The molecule has 1 atom stereocenters. The smallest absolute Gasteiger partial charge is 0.263 e. The van der Waals surface area contributed by atoms with Gasteiger partial charge in [0.2, 0.25) is 0 Å². The molecule has 1 aromatic carbocycles. The van der Waals surface area contributed by atoms with Gasteiger partial charge in [0, 0.05) is 24.7 Å². The Balaban J connectivity index is 0.00000180. The van der Waals surface area contributed by atoms with Gasteiger partial charge in [-0.3, -0.25) is 4.90 Å². The predicted molar refractivity (Wildman–Crippen MR) is 76.0 cm³/mol. The lowest BCUT2D eigenvalue weighted by Crippen LogP contribution is -2.43. The first kappa shape index (κ1) is 16.3. The summed E-state index contributed by atoms with van der Waals surface area (Å²) < 4.78 is 25.2. The third-order valence-corrected chi connectivity index (χ3v) is 3.52. The molecule has 1 aliphatic rings. The number of likely N-dealkylation sites (N-methyl/N-ethyl adjacent to an activating group) is 1. The Morgan fingerprint density at radius 1 is 1.42 bits per heavy atom. The molecule has 0 radical (unpaired) electrons. The van der Waals surface area contributed by atoms with Gasteiger partial charge in [0.25, 0.3) is 6.43 Å². The van der Waals surface area contributed by atoms with E-state index in [1.54, 1.807) is 12.1 Å². The van der Waals surface area contributed by atoms with Crippen LogP contribution in [0.2, 0.25) is 0 Å². The topological polar surface area (TPSA) is 15.3 Å². The molecule has 1 N–H and O–H groups in total. The number of nitrogens with zero attached hydrogens (tertiary/aromatic N) is 1. The van der Waals surface area contributed by atoms with Gasteiger partial charge < -0.3 is 5.32 Å². The van der Waals surface area contributed by atoms with Crippen molar-refractivity contribution in [1.29, 1.82) is 0 Å². The minimum absolute atomic E-state index is 0. The highest BCUT2D eigenvalue weighted by Gasteiger charge is 2.18. The fraction of sp³-hybridized carbons (Fsp3) is 0.571. The van der Waals surface area contributed by atoms with Crippen molar-refractivity contribution in [1.82, 2.24) is 10.2 Å². The summed E-state index contributed by atoms with van der Waals surface area (Å²) in [6.45, 7) is 2.81. The highest BCUT2D eigenvalue weighted by molar-refractivity contribution is 5.85. The van der Waals surface area contributed by atoms with E-state index in [1.165, 1.54) is 18.9 Å². The third-order valence-electron chi connectivity index (χ3n) is 3.52. The molecule has 0 aromatic heterocycles. The second-order valence-electron chi connectivity index (χ2n) is 4.91. The summed E-state index contributed by atoms with van der Waals surface area (Å²) in [6, 6.07) is 7.27. The Morgan fingerprint density at radius 2 is 2.21 bits per heavy atom. The Morgan fingerprint density at radius 3 is 2.89 bits per heavy atom. The van der Waals surface area contributed by atoms with E-state index < -0.39 is 6.43 Å². The molecule has 0 spiro atoms. The van der Waals surface area contributed by atoms with Gasteiger partial charge >= 0.3 is 0 Å². The Labute approximate surface area is 119 Å². The van der Waals surface area contributed by atoms with Crippen LogP contribution in [0.15, 0.2) is 24.3 Å². The molecule has 1 unspecified atom stereocenters. The summed E-state index contributed by atoms with van der Waals surface area (Å²) >= 11 is 0. The molecule has 0 aliphatic carbocycles. The third kappa shape index (κ3) is 4.71. The second-order valence-corrected chi connectivity index (χ2v) is 4.91. The van der Waals surface area contributed by atoms with E-state index in [2.05, 4.69) is 10.2 Å². The van der Waals surface area contributed by atoms with Crippen molar-refractivity contribution in [3.05, 3.63) is 35.4 Å². The Kier molecular flexibility index (Phi) is 6.69. The molecule has 0 amide bonds. The molecular weight excluding hydrogens is 270 g/mol. The van der Waals surface area contributed by atoms with E-state index in [0.29, 0.717) is 6.04 Å². The minimum atomic E-state index is -2.38. The molecular formula is C14H21ClF2N2. The second kappa shape index (κ2) is 7.78.